The highest BCUT2D eigenvalue weighted by molar-refractivity contribution is 5.85. The molecule has 0 spiro atoms. The van der Waals surface area contributed by atoms with Gasteiger partial charge in [0.25, 0.3) is 0 Å². The number of rotatable bonds is 4. The van der Waals surface area contributed by atoms with Gasteiger partial charge < -0.3 is 10.5 Å². The van der Waals surface area contributed by atoms with Crippen molar-refractivity contribution in [3.05, 3.63) is 41.7 Å². The number of carbonyl (C=O) groups is 1. The maximum Gasteiger partial charge on any atom is 0.168 e. The molecule has 0 bridgehead atoms. The van der Waals surface area contributed by atoms with Crippen LogP contribution in [-0.2, 0) is 11.2 Å². The summed E-state index contributed by atoms with van der Waals surface area (Å²) < 4.78 is 18.8. The lowest BCUT2D eigenvalue weighted by molar-refractivity contribution is -0.120. The number of hydrogen-bond acceptors (Lipinski definition) is 3. The lowest BCUT2D eigenvalue weighted by atomic mass is 9.96. The summed E-state index contributed by atoms with van der Waals surface area (Å²) in [6.45, 7) is 0. The van der Waals surface area contributed by atoms with Gasteiger partial charge in [0.2, 0.25) is 0 Å². The number of Topliss-reactive ketones (excluding diaryl/α,β-unsaturated/α-hetero) is 1. The third-order valence-corrected chi connectivity index (χ3v) is 3.16. The van der Waals surface area contributed by atoms with E-state index in [-0.39, 0.29) is 29.9 Å². The van der Waals surface area contributed by atoms with Gasteiger partial charge in [-0.05, 0) is 18.1 Å². The van der Waals surface area contributed by atoms with Crippen molar-refractivity contribution in [1.82, 2.24) is 0 Å². The predicted octanol–water partition coefficient (Wildman–Crippen LogP) is 1.85. The zero-order valence-electron chi connectivity index (χ0n) is 10.2. The van der Waals surface area contributed by atoms with Gasteiger partial charge >= 0.3 is 0 Å². The number of ether oxygens (including phenoxy) is 1. The van der Waals surface area contributed by atoms with E-state index < -0.39 is 5.82 Å². The molecule has 0 aromatic heterocycles. The van der Waals surface area contributed by atoms with Gasteiger partial charge in [0.1, 0.15) is 5.78 Å². The maximum absolute atomic E-state index is 13.9. The van der Waals surface area contributed by atoms with Gasteiger partial charge in [0, 0.05) is 18.4 Å². The topological polar surface area (TPSA) is 52.3 Å². The number of hydrogen-bond donors (Lipinski definition) is 1. The van der Waals surface area contributed by atoms with Crippen molar-refractivity contribution in [3.63, 3.8) is 0 Å². The zero-order chi connectivity index (χ0) is 13.1. The average molecular weight is 249 g/mol. The fourth-order valence-electron chi connectivity index (χ4n) is 2.14. The Morgan fingerprint density at radius 3 is 2.89 bits per heavy atom. The van der Waals surface area contributed by atoms with E-state index in [1.807, 2.05) is 12.2 Å². The van der Waals surface area contributed by atoms with Crippen LogP contribution in [0.4, 0.5) is 4.39 Å². The minimum Gasteiger partial charge on any atom is -0.494 e. The van der Waals surface area contributed by atoms with Crippen molar-refractivity contribution in [2.45, 2.75) is 18.9 Å². The molecule has 1 aliphatic carbocycles. The van der Waals surface area contributed by atoms with Crippen LogP contribution in [0.3, 0.4) is 0 Å². The molecule has 0 saturated heterocycles. The maximum atomic E-state index is 13.9. The van der Waals surface area contributed by atoms with Gasteiger partial charge in [-0.25, -0.2) is 4.39 Å². The summed E-state index contributed by atoms with van der Waals surface area (Å²) in [4.78, 5) is 12.0. The van der Waals surface area contributed by atoms with E-state index in [4.69, 9.17) is 10.5 Å². The first-order chi connectivity index (χ1) is 8.61. The normalized spacial score (nSPS) is 22.2. The van der Waals surface area contributed by atoms with E-state index in [1.165, 1.54) is 13.2 Å². The highest BCUT2D eigenvalue weighted by atomic mass is 19.1. The number of carbonyl (C=O) groups excluding carboxylic acids is 1. The van der Waals surface area contributed by atoms with Gasteiger partial charge in [0.15, 0.2) is 11.6 Å². The summed E-state index contributed by atoms with van der Waals surface area (Å²) in [5.41, 5.74) is 6.07. The molecule has 18 heavy (non-hydrogen) atoms. The van der Waals surface area contributed by atoms with Crippen molar-refractivity contribution in [1.29, 1.82) is 0 Å². The molecule has 2 N–H and O–H groups in total. The molecule has 0 aliphatic heterocycles. The number of halogens is 1. The molecule has 2 rings (SSSR count). The molecular weight excluding hydrogens is 233 g/mol. The highest BCUT2D eigenvalue weighted by Crippen LogP contribution is 2.23. The molecule has 0 saturated carbocycles. The Kier molecular flexibility index (Phi) is 3.77. The molecule has 2 atom stereocenters. The second-order valence-corrected chi connectivity index (χ2v) is 4.47. The Bertz CT molecular complexity index is 485. The molecule has 0 heterocycles. The molecule has 0 radical (unpaired) electrons. The quantitative estimate of drug-likeness (QED) is 0.828. The first-order valence-electron chi connectivity index (χ1n) is 5.90. The van der Waals surface area contributed by atoms with Crippen molar-refractivity contribution >= 4 is 5.78 Å². The molecule has 3 nitrogen and oxygen atoms in total. The van der Waals surface area contributed by atoms with Crippen LogP contribution in [0.15, 0.2) is 30.4 Å². The first kappa shape index (κ1) is 12.8. The van der Waals surface area contributed by atoms with Crippen LogP contribution in [0.25, 0.3) is 0 Å². The molecule has 4 heteroatoms. The predicted molar refractivity (Wildman–Crippen MR) is 66.9 cm³/mol. The second-order valence-electron chi connectivity index (χ2n) is 4.47. The molecule has 0 amide bonds. The first-order valence-corrected chi connectivity index (χ1v) is 5.90. The van der Waals surface area contributed by atoms with E-state index >= 15 is 0 Å². The van der Waals surface area contributed by atoms with Gasteiger partial charge in [-0.1, -0.05) is 24.3 Å². The third kappa shape index (κ3) is 2.59. The Morgan fingerprint density at radius 2 is 2.28 bits per heavy atom. The van der Waals surface area contributed by atoms with Crippen LogP contribution in [0, 0.1) is 11.7 Å². The highest BCUT2D eigenvalue weighted by Gasteiger charge is 2.23. The summed E-state index contributed by atoms with van der Waals surface area (Å²) in [5.74, 6) is -0.490. The summed E-state index contributed by atoms with van der Waals surface area (Å²) >= 11 is 0. The van der Waals surface area contributed by atoms with Crippen molar-refractivity contribution in [2.75, 3.05) is 7.11 Å². The number of allylic oxidation sites excluding steroid dienone is 1. The van der Waals surface area contributed by atoms with Crippen LogP contribution in [0.1, 0.15) is 12.0 Å². The Hall–Kier alpha value is -1.68. The van der Waals surface area contributed by atoms with Gasteiger partial charge in [-0.15, -0.1) is 0 Å². The average Bonchev–Trinajstić information content (AvgIpc) is 2.78. The Labute approximate surface area is 105 Å². The molecule has 1 aromatic carbocycles. The zero-order valence-corrected chi connectivity index (χ0v) is 10.2. The molecule has 1 aromatic rings. The summed E-state index contributed by atoms with van der Waals surface area (Å²) in [6.07, 6.45) is 4.32. The van der Waals surface area contributed by atoms with E-state index in [1.54, 1.807) is 12.1 Å². The Morgan fingerprint density at radius 1 is 1.50 bits per heavy atom. The van der Waals surface area contributed by atoms with Gasteiger partial charge in [0.05, 0.1) is 7.11 Å². The largest absolute Gasteiger partial charge is 0.494 e. The van der Waals surface area contributed by atoms with Crippen LogP contribution in [-0.4, -0.2) is 18.9 Å². The smallest absolute Gasteiger partial charge is 0.168 e. The molecule has 1 aliphatic rings. The minimum absolute atomic E-state index is 0.00801. The number of methoxy groups -OCH3 is 1. The van der Waals surface area contributed by atoms with E-state index in [0.29, 0.717) is 12.0 Å². The number of benzene rings is 1. The molecule has 2 unspecified atom stereocenters. The standard InChI is InChI=1S/C14H16FNO2/c1-18-13-4-2-3-10(14(13)15)8-12(17)9-5-6-11(16)7-9/h2-6,9,11H,7-8,16H2,1H3. The molecule has 96 valence electrons. The summed E-state index contributed by atoms with van der Waals surface area (Å²) in [7, 11) is 1.41. The van der Waals surface area contributed by atoms with Crippen LogP contribution in [0.5, 0.6) is 5.75 Å². The van der Waals surface area contributed by atoms with Gasteiger partial charge in [-0.3, -0.25) is 4.79 Å². The number of nitrogens with two attached hydrogens (primary N) is 1. The van der Waals surface area contributed by atoms with Crippen LogP contribution >= 0.6 is 0 Å². The third-order valence-electron chi connectivity index (χ3n) is 3.16. The van der Waals surface area contributed by atoms with Crippen LogP contribution in [0.2, 0.25) is 0 Å². The monoisotopic (exact) mass is 249 g/mol. The number of ketones is 1. The van der Waals surface area contributed by atoms with Crippen molar-refractivity contribution in [3.8, 4) is 5.75 Å². The van der Waals surface area contributed by atoms with Crippen LogP contribution < -0.4 is 10.5 Å². The molecule has 0 fully saturated rings. The lowest BCUT2D eigenvalue weighted by Gasteiger charge is -2.10. The van der Waals surface area contributed by atoms with Gasteiger partial charge in [-0.2, -0.15) is 0 Å². The summed E-state index contributed by atoms with van der Waals surface area (Å²) in [5, 5.41) is 0. The fourth-order valence-corrected chi connectivity index (χ4v) is 2.14. The van der Waals surface area contributed by atoms with Crippen molar-refractivity contribution in [2.24, 2.45) is 11.7 Å². The van der Waals surface area contributed by atoms with E-state index in [9.17, 15) is 9.18 Å². The lowest BCUT2D eigenvalue weighted by Crippen LogP contribution is -2.20. The SMILES string of the molecule is COc1cccc(CC(=O)C2C=CC(N)C2)c1F. The second kappa shape index (κ2) is 5.31. The van der Waals surface area contributed by atoms with Crippen molar-refractivity contribution < 1.29 is 13.9 Å². The Balaban J connectivity index is 2.10. The van der Waals surface area contributed by atoms with E-state index in [2.05, 4.69) is 0 Å². The molecular formula is C14H16FNO2. The van der Waals surface area contributed by atoms with E-state index in [0.717, 1.165) is 0 Å². The summed E-state index contributed by atoms with van der Waals surface area (Å²) in [6, 6.07) is 4.76. The minimum atomic E-state index is -0.459. The fraction of sp³-hybridized carbons (Fsp3) is 0.357.